The zero-order chi connectivity index (χ0) is 19.1. The van der Waals surface area contributed by atoms with Gasteiger partial charge in [0, 0.05) is 30.4 Å². The van der Waals surface area contributed by atoms with Gasteiger partial charge in [-0.1, -0.05) is 13.8 Å². The van der Waals surface area contributed by atoms with Crippen molar-refractivity contribution in [2.75, 3.05) is 18.4 Å². The van der Waals surface area contributed by atoms with Gasteiger partial charge < -0.3 is 10.2 Å². The van der Waals surface area contributed by atoms with E-state index in [2.05, 4.69) is 29.1 Å². The van der Waals surface area contributed by atoms with E-state index in [1.165, 1.54) is 6.92 Å². The maximum absolute atomic E-state index is 12.8. The molecule has 0 saturated carbocycles. The molecule has 0 aliphatic carbocycles. The molecule has 0 radical (unpaired) electrons. The Morgan fingerprint density at radius 2 is 1.65 bits per heavy atom. The fraction of sp³-hybridized carbons (Fsp3) is 0.400. The number of anilines is 2. The van der Waals surface area contributed by atoms with E-state index in [9.17, 15) is 9.59 Å². The van der Waals surface area contributed by atoms with Gasteiger partial charge in [-0.3, -0.25) is 9.59 Å². The predicted molar refractivity (Wildman–Crippen MR) is 103 cm³/mol. The quantitative estimate of drug-likeness (QED) is 0.725. The van der Waals surface area contributed by atoms with E-state index >= 15 is 0 Å². The predicted octanol–water partition coefficient (Wildman–Crippen LogP) is 3.99. The van der Waals surface area contributed by atoms with Gasteiger partial charge in [0.05, 0.1) is 0 Å². The van der Waals surface area contributed by atoms with Crippen LogP contribution in [-0.2, 0) is 0 Å². The molecule has 6 heteroatoms. The fourth-order valence-corrected chi connectivity index (χ4v) is 2.69. The lowest BCUT2D eigenvalue weighted by Crippen LogP contribution is -2.33. The summed E-state index contributed by atoms with van der Waals surface area (Å²) < 4.78 is 0. The SMILES string of the molecule is CCCN(CCC)C(=O)c1cc(Nc2ccc(C(C)=O)cc2)nc(C)n1. The van der Waals surface area contributed by atoms with Gasteiger partial charge in [0.15, 0.2) is 5.78 Å². The molecule has 0 aliphatic rings. The number of carbonyl (C=O) groups excluding carboxylic acids is 2. The van der Waals surface area contributed by atoms with Gasteiger partial charge in [-0.15, -0.1) is 0 Å². The van der Waals surface area contributed by atoms with Crippen LogP contribution in [0.5, 0.6) is 0 Å². The number of amides is 1. The standard InChI is InChI=1S/C20H26N4O2/c1-5-11-24(12-6-2)20(26)18-13-19(22-15(4)21-18)23-17-9-7-16(8-10-17)14(3)25/h7-10,13H,5-6,11-12H2,1-4H3,(H,21,22,23). The van der Waals surface area contributed by atoms with Crippen molar-refractivity contribution in [1.29, 1.82) is 0 Å². The van der Waals surface area contributed by atoms with Crippen molar-refractivity contribution in [2.45, 2.75) is 40.5 Å². The van der Waals surface area contributed by atoms with Gasteiger partial charge >= 0.3 is 0 Å². The smallest absolute Gasteiger partial charge is 0.272 e. The van der Waals surface area contributed by atoms with Crippen LogP contribution in [0, 0.1) is 6.92 Å². The van der Waals surface area contributed by atoms with Crippen LogP contribution in [0.1, 0.15) is 60.3 Å². The van der Waals surface area contributed by atoms with Gasteiger partial charge in [-0.25, -0.2) is 9.97 Å². The highest BCUT2D eigenvalue weighted by Gasteiger charge is 2.17. The molecule has 0 bridgehead atoms. The van der Waals surface area contributed by atoms with E-state index in [0.717, 1.165) is 18.5 Å². The van der Waals surface area contributed by atoms with E-state index in [-0.39, 0.29) is 11.7 Å². The number of aryl methyl sites for hydroxylation is 1. The van der Waals surface area contributed by atoms with Gasteiger partial charge in [0.2, 0.25) is 0 Å². The molecule has 1 N–H and O–H groups in total. The molecule has 0 aliphatic heterocycles. The molecule has 26 heavy (non-hydrogen) atoms. The fourth-order valence-electron chi connectivity index (χ4n) is 2.69. The molecule has 1 amide bonds. The van der Waals surface area contributed by atoms with Gasteiger partial charge in [-0.05, 0) is 51.0 Å². The second kappa shape index (κ2) is 9.08. The summed E-state index contributed by atoms with van der Waals surface area (Å²) >= 11 is 0. The second-order valence-electron chi connectivity index (χ2n) is 6.24. The zero-order valence-corrected chi connectivity index (χ0v) is 15.9. The average Bonchev–Trinajstić information content (AvgIpc) is 2.61. The normalized spacial score (nSPS) is 10.5. The molecule has 1 heterocycles. The summed E-state index contributed by atoms with van der Waals surface area (Å²) in [6.45, 7) is 8.84. The molecule has 138 valence electrons. The lowest BCUT2D eigenvalue weighted by atomic mass is 10.1. The first-order chi connectivity index (χ1) is 12.4. The van der Waals surface area contributed by atoms with E-state index in [0.29, 0.717) is 36.0 Å². The number of aromatic nitrogens is 2. The molecule has 0 atom stereocenters. The van der Waals surface area contributed by atoms with Crippen LogP contribution in [0.15, 0.2) is 30.3 Å². The van der Waals surface area contributed by atoms with E-state index in [4.69, 9.17) is 0 Å². The van der Waals surface area contributed by atoms with Gasteiger partial charge in [-0.2, -0.15) is 0 Å². The molecule has 0 spiro atoms. The number of hydrogen-bond donors (Lipinski definition) is 1. The van der Waals surface area contributed by atoms with Crippen LogP contribution in [0.2, 0.25) is 0 Å². The summed E-state index contributed by atoms with van der Waals surface area (Å²) in [6.07, 6.45) is 1.81. The number of Topliss-reactive ketones (excluding diaryl/α,β-unsaturated/α-hetero) is 1. The topological polar surface area (TPSA) is 75.2 Å². The van der Waals surface area contributed by atoms with Crippen LogP contribution in [0.25, 0.3) is 0 Å². The molecule has 1 aromatic heterocycles. The third-order valence-corrected chi connectivity index (χ3v) is 3.90. The Labute approximate surface area is 154 Å². The maximum Gasteiger partial charge on any atom is 0.272 e. The largest absolute Gasteiger partial charge is 0.340 e. The average molecular weight is 354 g/mol. The zero-order valence-electron chi connectivity index (χ0n) is 15.9. The van der Waals surface area contributed by atoms with Crippen LogP contribution < -0.4 is 5.32 Å². The Hall–Kier alpha value is -2.76. The van der Waals surface area contributed by atoms with E-state index in [1.807, 2.05) is 17.0 Å². The third kappa shape index (κ3) is 5.12. The molecular weight excluding hydrogens is 328 g/mol. The van der Waals surface area contributed by atoms with Crippen LogP contribution in [0.3, 0.4) is 0 Å². The number of nitrogens with one attached hydrogen (secondary N) is 1. The van der Waals surface area contributed by atoms with Crippen molar-refractivity contribution in [2.24, 2.45) is 0 Å². The first kappa shape index (κ1) is 19.6. The first-order valence-corrected chi connectivity index (χ1v) is 8.97. The summed E-state index contributed by atoms with van der Waals surface area (Å²) in [7, 11) is 0. The minimum atomic E-state index is -0.0748. The molecule has 1 aromatic carbocycles. The minimum absolute atomic E-state index is 0.0225. The molecule has 6 nitrogen and oxygen atoms in total. The molecule has 2 rings (SSSR count). The van der Waals surface area contributed by atoms with Gasteiger partial charge in [0.25, 0.3) is 5.91 Å². The van der Waals surface area contributed by atoms with E-state index < -0.39 is 0 Å². The van der Waals surface area contributed by atoms with Gasteiger partial charge in [0.1, 0.15) is 17.3 Å². The highest BCUT2D eigenvalue weighted by molar-refractivity contribution is 5.94. The molecule has 0 saturated heterocycles. The summed E-state index contributed by atoms with van der Waals surface area (Å²) in [5, 5.41) is 3.18. The van der Waals surface area contributed by atoms with Crippen molar-refractivity contribution in [3.63, 3.8) is 0 Å². The molecule has 0 fully saturated rings. The number of nitrogens with zero attached hydrogens (tertiary/aromatic N) is 3. The van der Waals surface area contributed by atoms with Crippen molar-refractivity contribution in [3.8, 4) is 0 Å². The number of carbonyl (C=O) groups is 2. The van der Waals surface area contributed by atoms with Crippen molar-refractivity contribution in [3.05, 3.63) is 47.4 Å². The lowest BCUT2D eigenvalue weighted by molar-refractivity contribution is 0.0749. The Bertz CT molecular complexity index is 766. The monoisotopic (exact) mass is 354 g/mol. The van der Waals surface area contributed by atoms with Crippen LogP contribution >= 0.6 is 0 Å². The Kier molecular flexibility index (Phi) is 6.83. The minimum Gasteiger partial charge on any atom is -0.340 e. The van der Waals surface area contributed by atoms with Crippen LogP contribution in [-0.4, -0.2) is 39.6 Å². The summed E-state index contributed by atoms with van der Waals surface area (Å²) in [5.74, 6) is 1.04. The van der Waals surface area contributed by atoms with Crippen molar-refractivity contribution >= 4 is 23.2 Å². The van der Waals surface area contributed by atoms with Crippen LogP contribution in [0.4, 0.5) is 11.5 Å². The van der Waals surface area contributed by atoms with E-state index in [1.54, 1.807) is 25.1 Å². The third-order valence-electron chi connectivity index (χ3n) is 3.90. The maximum atomic E-state index is 12.8. The summed E-state index contributed by atoms with van der Waals surface area (Å²) in [5.41, 5.74) is 1.84. The number of hydrogen-bond acceptors (Lipinski definition) is 5. The van der Waals surface area contributed by atoms with Crippen molar-refractivity contribution < 1.29 is 9.59 Å². The Morgan fingerprint density at radius 1 is 1.04 bits per heavy atom. The highest BCUT2D eigenvalue weighted by Crippen LogP contribution is 2.17. The molecule has 0 unspecified atom stereocenters. The first-order valence-electron chi connectivity index (χ1n) is 8.97. The summed E-state index contributed by atoms with van der Waals surface area (Å²) in [6, 6.07) is 8.82. The summed E-state index contributed by atoms with van der Waals surface area (Å²) in [4.78, 5) is 34.6. The molecule has 2 aromatic rings. The highest BCUT2D eigenvalue weighted by atomic mass is 16.2. The number of rotatable bonds is 8. The lowest BCUT2D eigenvalue weighted by Gasteiger charge is -2.21. The number of benzene rings is 1. The Balaban J connectivity index is 2.23. The Morgan fingerprint density at radius 3 is 2.19 bits per heavy atom. The second-order valence-corrected chi connectivity index (χ2v) is 6.24. The number of ketones is 1. The molecular formula is C20H26N4O2. The van der Waals surface area contributed by atoms with Crippen molar-refractivity contribution in [1.82, 2.24) is 14.9 Å².